The van der Waals surface area contributed by atoms with Crippen molar-refractivity contribution in [2.24, 2.45) is 0 Å². The summed E-state index contributed by atoms with van der Waals surface area (Å²) in [6, 6.07) is 8.70. The molecule has 19 heavy (non-hydrogen) atoms. The minimum Gasteiger partial charge on any atom is -0.319 e. The molecule has 0 radical (unpaired) electrons. The van der Waals surface area contributed by atoms with Gasteiger partial charge in [0.25, 0.3) is 0 Å². The number of nitrogens with zero attached hydrogens (tertiary/aromatic N) is 1. The number of benzene rings is 1. The van der Waals surface area contributed by atoms with Gasteiger partial charge in [-0.15, -0.1) is 0 Å². The van der Waals surface area contributed by atoms with E-state index >= 15 is 0 Å². The van der Waals surface area contributed by atoms with Crippen LogP contribution in [0.25, 0.3) is 0 Å². The lowest BCUT2D eigenvalue weighted by Crippen LogP contribution is -2.38. The molecule has 1 aromatic rings. The molecule has 2 rings (SSSR count). The van der Waals surface area contributed by atoms with Crippen LogP contribution in [0.4, 0.5) is 0 Å². The predicted molar refractivity (Wildman–Crippen MR) is 81.2 cm³/mol. The zero-order valence-corrected chi connectivity index (χ0v) is 12.7. The summed E-state index contributed by atoms with van der Waals surface area (Å²) >= 11 is 1.83. The molecule has 1 aliphatic rings. The van der Waals surface area contributed by atoms with Crippen molar-refractivity contribution in [1.82, 2.24) is 10.2 Å². The molecule has 2 atom stereocenters. The number of aryl methyl sites for hydroxylation is 1. The first-order valence-electron chi connectivity index (χ1n) is 6.73. The summed E-state index contributed by atoms with van der Waals surface area (Å²) in [6.07, 6.45) is 3.18. The first kappa shape index (κ1) is 14.4. The van der Waals surface area contributed by atoms with Crippen molar-refractivity contribution < 1.29 is 4.79 Å². The molecule has 0 aliphatic carbocycles. The predicted octanol–water partition coefficient (Wildman–Crippen LogP) is 2.57. The Kier molecular flexibility index (Phi) is 4.88. The van der Waals surface area contributed by atoms with Crippen LogP contribution in [0, 0.1) is 6.92 Å². The third-order valence-corrected chi connectivity index (χ3v) is 4.26. The van der Waals surface area contributed by atoms with E-state index in [4.69, 9.17) is 0 Å². The Hall–Kier alpha value is -1.00. The van der Waals surface area contributed by atoms with Gasteiger partial charge in [0, 0.05) is 6.04 Å². The van der Waals surface area contributed by atoms with Crippen LogP contribution in [0.3, 0.4) is 0 Å². The number of carbonyl (C=O) groups is 1. The number of thioether (sulfide) groups is 1. The molecule has 3 nitrogen and oxygen atoms in total. The largest absolute Gasteiger partial charge is 0.319 e. The van der Waals surface area contributed by atoms with E-state index in [1.54, 1.807) is 0 Å². The first-order valence-corrected chi connectivity index (χ1v) is 8.13. The second-order valence-corrected chi connectivity index (χ2v) is 6.11. The molecule has 1 aliphatic heterocycles. The van der Waals surface area contributed by atoms with Gasteiger partial charge in [-0.3, -0.25) is 10.1 Å². The Morgan fingerprint density at radius 1 is 1.42 bits per heavy atom. The van der Waals surface area contributed by atoms with Crippen LogP contribution in [0.1, 0.15) is 30.6 Å². The maximum atomic E-state index is 12.1. The van der Waals surface area contributed by atoms with E-state index in [0.29, 0.717) is 6.54 Å². The van der Waals surface area contributed by atoms with Gasteiger partial charge in [0.2, 0.25) is 5.91 Å². The second kappa shape index (κ2) is 6.44. The maximum absolute atomic E-state index is 12.1. The van der Waals surface area contributed by atoms with Gasteiger partial charge in [0.1, 0.15) is 6.17 Å². The third-order valence-electron chi connectivity index (χ3n) is 3.62. The number of rotatable bonds is 5. The molecule has 104 valence electrons. The Morgan fingerprint density at radius 2 is 2.11 bits per heavy atom. The number of carbonyl (C=O) groups excluding carboxylic acids is 1. The van der Waals surface area contributed by atoms with Crippen LogP contribution < -0.4 is 5.32 Å². The molecule has 1 N–H and O–H groups in total. The van der Waals surface area contributed by atoms with Gasteiger partial charge in [0.05, 0.1) is 6.54 Å². The van der Waals surface area contributed by atoms with Crippen LogP contribution in [-0.2, 0) is 4.79 Å². The van der Waals surface area contributed by atoms with E-state index < -0.39 is 0 Å². The minimum atomic E-state index is 0.0324. The topological polar surface area (TPSA) is 32.3 Å². The molecule has 1 amide bonds. The van der Waals surface area contributed by atoms with E-state index in [-0.39, 0.29) is 18.1 Å². The Balaban J connectivity index is 2.14. The van der Waals surface area contributed by atoms with Gasteiger partial charge in [-0.05, 0) is 37.8 Å². The van der Waals surface area contributed by atoms with Crippen LogP contribution in [-0.4, -0.2) is 35.4 Å². The standard InChI is InChI=1S/C15H22N2OS/c1-11-4-6-13(7-5-11)15-16-10-14(18)17(15)12(2)8-9-19-3/h4-7,12,15-16H,8-10H2,1-3H3. The summed E-state index contributed by atoms with van der Waals surface area (Å²) in [6.45, 7) is 4.67. The van der Waals surface area contributed by atoms with Crippen molar-refractivity contribution in [1.29, 1.82) is 0 Å². The van der Waals surface area contributed by atoms with Gasteiger partial charge >= 0.3 is 0 Å². The van der Waals surface area contributed by atoms with Crippen LogP contribution in [0.2, 0.25) is 0 Å². The Morgan fingerprint density at radius 3 is 2.74 bits per heavy atom. The average molecular weight is 278 g/mol. The molecule has 1 fully saturated rings. The van der Waals surface area contributed by atoms with E-state index in [1.165, 1.54) is 11.1 Å². The quantitative estimate of drug-likeness (QED) is 0.898. The van der Waals surface area contributed by atoms with Crippen molar-refractivity contribution in [3.05, 3.63) is 35.4 Å². The zero-order valence-electron chi connectivity index (χ0n) is 11.8. The second-order valence-electron chi connectivity index (χ2n) is 5.13. The normalized spacial score (nSPS) is 20.9. The summed E-state index contributed by atoms with van der Waals surface area (Å²) in [7, 11) is 0. The van der Waals surface area contributed by atoms with Gasteiger partial charge in [-0.2, -0.15) is 11.8 Å². The lowest BCUT2D eigenvalue weighted by Gasteiger charge is -2.30. The van der Waals surface area contributed by atoms with E-state index in [1.807, 2.05) is 16.7 Å². The van der Waals surface area contributed by atoms with Crippen molar-refractivity contribution in [3.63, 3.8) is 0 Å². The molecule has 1 aromatic carbocycles. The highest BCUT2D eigenvalue weighted by atomic mass is 32.2. The van der Waals surface area contributed by atoms with Gasteiger partial charge < -0.3 is 4.90 Å². The highest BCUT2D eigenvalue weighted by Gasteiger charge is 2.34. The lowest BCUT2D eigenvalue weighted by atomic mass is 10.1. The molecule has 1 saturated heterocycles. The van der Waals surface area contributed by atoms with Crippen LogP contribution >= 0.6 is 11.8 Å². The fourth-order valence-electron chi connectivity index (χ4n) is 2.47. The summed E-state index contributed by atoms with van der Waals surface area (Å²) in [5.41, 5.74) is 2.42. The minimum absolute atomic E-state index is 0.0324. The Bertz CT molecular complexity index is 432. The number of nitrogens with one attached hydrogen (secondary N) is 1. The maximum Gasteiger partial charge on any atom is 0.238 e. The SMILES string of the molecule is CSCCC(C)N1C(=O)CNC1c1ccc(C)cc1. The molecule has 1 heterocycles. The van der Waals surface area contributed by atoms with Crippen LogP contribution in [0.5, 0.6) is 0 Å². The van der Waals surface area contributed by atoms with Gasteiger partial charge in [0.15, 0.2) is 0 Å². The van der Waals surface area contributed by atoms with Gasteiger partial charge in [-0.1, -0.05) is 29.8 Å². The van der Waals surface area contributed by atoms with E-state index in [2.05, 4.69) is 49.7 Å². The molecule has 2 unspecified atom stereocenters. The van der Waals surface area contributed by atoms with Crippen molar-refractivity contribution in [2.75, 3.05) is 18.6 Å². The number of amides is 1. The summed E-state index contributed by atoms with van der Waals surface area (Å²) in [5.74, 6) is 1.30. The van der Waals surface area contributed by atoms with Crippen molar-refractivity contribution in [3.8, 4) is 0 Å². The molecule has 0 aromatic heterocycles. The van der Waals surface area contributed by atoms with Crippen LogP contribution in [0.15, 0.2) is 24.3 Å². The highest BCUT2D eigenvalue weighted by molar-refractivity contribution is 7.98. The average Bonchev–Trinajstić information content (AvgIpc) is 2.79. The van der Waals surface area contributed by atoms with E-state index in [9.17, 15) is 4.79 Å². The molecule has 0 spiro atoms. The number of hydrogen-bond donors (Lipinski definition) is 1. The zero-order chi connectivity index (χ0) is 13.8. The fourth-order valence-corrected chi connectivity index (χ4v) is 3.05. The summed E-state index contributed by atoms with van der Waals surface area (Å²) < 4.78 is 0. The fraction of sp³-hybridized carbons (Fsp3) is 0.533. The first-order chi connectivity index (χ1) is 9.13. The molecule has 0 saturated carbocycles. The lowest BCUT2D eigenvalue weighted by molar-refractivity contribution is -0.130. The monoisotopic (exact) mass is 278 g/mol. The van der Waals surface area contributed by atoms with Crippen molar-refractivity contribution >= 4 is 17.7 Å². The molecular formula is C15H22N2OS. The summed E-state index contributed by atoms with van der Waals surface area (Å²) in [4.78, 5) is 14.1. The highest BCUT2D eigenvalue weighted by Crippen LogP contribution is 2.26. The molecular weight excluding hydrogens is 256 g/mol. The number of hydrogen-bond acceptors (Lipinski definition) is 3. The summed E-state index contributed by atoms with van der Waals surface area (Å²) in [5, 5.41) is 3.32. The Labute approximate surface area is 119 Å². The van der Waals surface area contributed by atoms with E-state index in [0.717, 1.165) is 12.2 Å². The van der Waals surface area contributed by atoms with Gasteiger partial charge in [-0.25, -0.2) is 0 Å². The third kappa shape index (κ3) is 3.31. The molecule has 0 bridgehead atoms. The van der Waals surface area contributed by atoms with Crippen molar-refractivity contribution in [2.45, 2.75) is 32.5 Å². The smallest absolute Gasteiger partial charge is 0.238 e. The molecule has 4 heteroatoms.